The molecule has 2 rings (SSSR count). The number of carbonyl (C=O) groups excluding carboxylic acids is 1. The molecule has 0 bridgehead atoms. The Hall–Kier alpha value is -0.810. The van der Waals surface area contributed by atoms with Crippen LogP contribution in [-0.2, 0) is 14.9 Å². The molecule has 1 fully saturated rings. The van der Waals surface area contributed by atoms with Gasteiger partial charge in [-0.05, 0) is 37.6 Å². The Morgan fingerprint density at radius 3 is 2.54 bits per heavy atom. The number of carbonyl (C=O) groups is 1. The molecule has 1 aliphatic heterocycles. The smallest absolute Gasteiger partial charge is 0.228 e. The molecule has 6 heteroatoms. The van der Waals surface area contributed by atoms with Crippen molar-refractivity contribution in [1.82, 2.24) is 10.6 Å². The summed E-state index contributed by atoms with van der Waals surface area (Å²) in [6.07, 6.45) is 1.61. The van der Waals surface area contributed by atoms with Gasteiger partial charge in [0, 0.05) is 24.1 Å². The summed E-state index contributed by atoms with van der Waals surface area (Å²) in [5.74, 6) is 0.0842. The lowest BCUT2D eigenvalue weighted by Gasteiger charge is -2.37. The number of amides is 1. The van der Waals surface area contributed by atoms with Gasteiger partial charge in [0.2, 0.25) is 5.91 Å². The van der Waals surface area contributed by atoms with Gasteiger partial charge < -0.3 is 15.4 Å². The van der Waals surface area contributed by atoms with Crippen LogP contribution >= 0.6 is 24.0 Å². The van der Waals surface area contributed by atoms with E-state index in [-0.39, 0.29) is 23.7 Å². The van der Waals surface area contributed by atoms with E-state index in [0.717, 1.165) is 36.5 Å². The lowest BCUT2D eigenvalue weighted by atomic mass is 9.78. The predicted octanol–water partition coefficient (Wildman–Crippen LogP) is 3.17. The summed E-state index contributed by atoms with van der Waals surface area (Å²) in [7, 11) is 1.66. The third-order valence-corrected chi connectivity index (χ3v) is 5.09. The van der Waals surface area contributed by atoms with Gasteiger partial charge >= 0.3 is 0 Å². The van der Waals surface area contributed by atoms with Crippen molar-refractivity contribution < 1.29 is 9.53 Å². The number of rotatable bonds is 6. The zero-order valence-corrected chi connectivity index (χ0v) is 16.2. The molecule has 1 heterocycles. The Labute approximate surface area is 156 Å². The number of ether oxygens (including phenoxy) is 1. The van der Waals surface area contributed by atoms with Gasteiger partial charge in [0.15, 0.2) is 0 Å². The number of halogens is 2. The van der Waals surface area contributed by atoms with E-state index in [1.54, 1.807) is 7.11 Å². The third-order valence-electron chi connectivity index (χ3n) is 4.76. The van der Waals surface area contributed by atoms with Gasteiger partial charge in [-0.25, -0.2) is 0 Å². The molecule has 0 aromatic heterocycles. The second-order valence-corrected chi connectivity index (χ2v) is 7.42. The number of piperidine rings is 1. The summed E-state index contributed by atoms with van der Waals surface area (Å²) >= 11 is 6.31. The van der Waals surface area contributed by atoms with Crippen molar-refractivity contribution in [3.63, 3.8) is 0 Å². The van der Waals surface area contributed by atoms with Gasteiger partial charge in [-0.3, -0.25) is 4.79 Å². The van der Waals surface area contributed by atoms with Crippen LogP contribution in [0.3, 0.4) is 0 Å². The van der Waals surface area contributed by atoms with Crippen molar-refractivity contribution in [3.05, 3.63) is 34.9 Å². The average molecular weight is 375 g/mol. The van der Waals surface area contributed by atoms with Crippen LogP contribution in [0.4, 0.5) is 0 Å². The summed E-state index contributed by atoms with van der Waals surface area (Å²) in [4.78, 5) is 12.8. The normalized spacial score (nSPS) is 17.0. The highest BCUT2D eigenvalue weighted by molar-refractivity contribution is 6.31. The van der Waals surface area contributed by atoms with Gasteiger partial charge in [0.05, 0.1) is 12.0 Å². The molecule has 4 nitrogen and oxygen atoms in total. The quantitative estimate of drug-likeness (QED) is 0.803. The molecule has 1 aromatic carbocycles. The molecule has 1 aliphatic rings. The van der Waals surface area contributed by atoms with E-state index in [9.17, 15) is 4.79 Å². The summed E-state index contributed by atoms with van der Waals surface area (Å²) in [6, 6.07) is 7.80. The van der Waals surface area contributed by atoms with Crippen LogP contribution < -0.4 is 10.6 Å². The maximum atomic E-state index is 12.8. The molecule has 0 unspecified atom stereocenters. The van der Waals surface area contributed by atoms with E-state index in [1.165, 1.54) is 0 Å². The Kier molecular flexibility index (Phi) is 8.00. The Morgan fingerprint density at radius 2 is 1.96 bits per heavy atom. The Morgan fingerprint density at radius 1 is 1.33 bits per heavy atom. The minimum Gasteiger partial charge on any atom is -0.384 e. The fraction of sp³-hybridized carbons (Fsp3) is 0.611. The van der Waals surface area contributed by atoms with Gasteiger partial charge in [-0.15, -0.1) is 12.4 Å². The molecule has 2 N–H and O–H groups in total. The SMILES string of the molecule is COCC1(C(=O)NCC(C)(C)c2ccccc2Cl)CCNCC1.Cl. The number of hydrogen-bond donors (Lipinski definition) is 2. The average Bonchev–Trinajstić information content (AvgIpc) is 2.54. The van der Waals surface area contributed by atoms with E-state index in [0.29, 0.717) is 13.2 Å². The lowest BCUT2D eigenvalue weighted by Crippen LogP contribution is -2.52. The zero-order chi connectivity index (χ0) is 16.9. The molecule has 1 saturated heterocycles. The topological polar surface area (TPSA) is 50.4 Å². The first kappa shape index (κ1) is 21.2. The Bertz CT molecular complexity index is 538. The highest BCUT2D eigenvalue weighted by atomic mass is 35.5. The van der Waals surface area contributed by atoms with Crippen LogP contribution in [0.2, 0.25) is 5.02 Å². The Balaban J connectivity index is 0.00000288. The largest absolute Gasteiger partial charge is 0.384 e. The van der Waals surface area contributed by atoms with Crippen LogP contribution in [0, 0.1) is 5.41 Å². The van der Waals surface area contributed by atoms with Gasteiger partial charge in [-0.2, -0.15) is 0 Å². The maximum Gasteiger partial charge on any atom is 0.228 e. The van der Waals surface area contributed by atoms with Crippen LogP contribution in [0.5, 0.6) is 0 Å². The first-order valence-electron chi connectivity index (χ1n) is 8.14. The molecule has 136 valence electrons. The first-order chi connectivity index (χ1) is 10.9. The molecule has 0 aliphatic carbocycles. The molecule has 24 heavy (non-hydrogen) atoms. The number of methoxy groups -OCH3 is 1. The maximum absolute atomic E-state index is 12.8. The van der Waals surface area contributed by atoms with E-state index in [2.05, 4.69) is 24.5 Å². The van der Waals surface area contributed by atoms with E-state index in [4.69, 9.17) is 16.3 Å². The van der Waals surface area contributed by atoms with Gasteiger partial charge in [0.25, 0.3) is 0 Å². The van der Waals surface area contributed by atoms with Crippen molar-refractivity contribution in [2.45, 2.75) is 32.1 Å². The summed E-state index contributed by atoms with van der Waals surface area (Å²) in [5, 5.41) is 7.18. The van der Waals surface area contributed by atoms with E-state index < -0.39 is 5.41 Å². The highest BCUT2D eigenvalue weighted by Gasteiger charge is 2.40. The minimum atomic E-state index is -0.420. The van der Waals surface area contributed by atoms with Crippen molar-refractivity contribution in [3.8, 4) is 0 Å². The third kappa shape index (κ3) is 4.85. The summed E-state index contributed by atoms with van der Waals surface area (Å²) in [5.41, 5.74) is 0.402. The fourth-order valence-electron chi connectivity index (χ4n) is 3.21. The van der Waals surface area contributed by atoms with Crippen LogP contribution in [0.25, 0.3) is 0 Å². The molecule has 0 saturated carbocycles. The zero-order valence-electron chi connectivity index (χ0n) is 14.7. The molecule has 1 amide bonds. The fourth-order valence-corrected chi connectivity index (χ4v) is 3.60. The molecular weight excluding hydrogens is 347 g/mol. The minimum absolute atomic E-state index is 0. The molecule has 0 spiro atoms. The van der Waals surface area contributed by atoms with Crippen molar-refractivity contribution in [2.24, 2.45) is 5.41 Å². The monoisotopic (exact) mass is 374 g/mol. The van der Waals surface area contributed by atoms with Crippen molar-refractivity contribution >= 4 is 29.9 Å². The molecule has 0 atom stereocenters. The number of hydrogen-bond acceptors (Lipinski definition) is 3. The van der Waals surface area contributed by atoms with Crippen LogP contribution in [-0.4, -0.2) is 39.3 Å². The van der Waals surface area contributed by atoms with Crippen LogP contribution in [0.1, 0.15) is 32.3 Å². The van der Waals surface area contributed by atoms with Gasteiger partial charge in [-0.1, -0.05) is 43.6 Å². The molecule has 1 aromatic rings. The standard InChI is InChI=1S/C18H27ClN2O2.ClH/c1-17(2,14-6-4-5-7-15(14)19)12-21-16(22)18(13-23-3)8-10-20-11-9-18;/h4-7,20H,8-13H2,1-3H3,(H,21,22);1H. The highest BCUT2D eigenvalue weighted by Crippen LogP contribution is 2.32. The van der Waals surface area contributed by atoms with E-state index >= 15 is 0 Å². The first-order valence-corrected chi connectivity index (χ1v) is 8.52. The van der Waals surface area contributed by atoms with Gasteiger partial charge in [0.1, 0.15) is 0 Å². The molecular formula is C18H28Cl2N2O2. The second-order valence-electron chi connectivity index (χ2n) is 7.01. The van der Waals surface area contributed by atoms with Crippen LogP contribution in [0.15, 0.2) is 24.3 Å². The summed E-state index contributed by atoms with van der Waals surface area (Å²) in [6.45, 7) is 6.91. The number of benzene rings is 1. The van der Waals surface area contributed by atoms with Crippen molar-refractivity contribution in [1.29, 1.82) is 0 Å². The lowest BCUT2D eigenvalue weighted by molar-refractivity contribution is -0.136. The second kappa shape index (κ2) is 9.04. The number of nitrogens with one attached hydrogen (secondary N) is 2. The van der Waals surface area contributed by atoms with Crippen molar-refractivity contribution in [2.75, 3.05) is 33.4 Å². The predicted molar refractivity (Wildman–Crippen MR) is 101 cm³/mol. The van der Waals surface area contributed by atoms with E-state index in [1.807, 2.05) is 24.3 Å². The summed E-state index contributed by atoms with van der Waals surface area (Å²) < 4.78 is 5.33. The molecule has 0 radical (unpaired) electrons.